The minimum Gasteiger partial charge on any atom is -0.465 e. The van der Waals surface area contributed by atoms with E-state index < -0.39 is 16.0 Å². The standard InChI is InChI=1S/C16H15ClN2O4S4/c1-3-23-14(20)9-19-11-5-4-10(24-2)8-12(11)25-16(19)18-27(21,22)15-7-6-13(17)26-15/h4-8H,3,9H2,1-2H3/b18-16-. The van der Waals surface area contributed by atoms with Gasteiger partial charge in [0.1, 0.15) is 10.8 Å². The second-order valence-corrected chi connectivity index (χ2v) is 10.7. The average Bonchev–Trinajstić information content (AvgIpc) is 3.19. The second-order valence-electron chi connectivity index (χ2n) is 5.23. The molecule has 3 aromatic rings. The van der Waals surface area contributed by atoms with Gasteiger partial charge >= 0.3 is 5.97 Å². The maximum absolute atomic E-state index is 12.6. The Bertz CT molecular complexity index is 1160. The third kappa shape index (κ3) is 4.57. The van der Waals surface area contributed by atoms with E-state index in [-0.39, 0.29) is 22.2 Å². The molecule has 0 aliphatic rings. The number of carbonyl (C=O) groups is 1. The molecule has 11 heteroatoms. The first-order chi connectivity index (χ1) is 12.8. The van der Waals surface area contributed by atoms with Gasteiger partial charge < -0.3 is 9.30 Å². The van der Waals surface area contributed by atoms with Gasteiger partial charge in [-0.2, -0.15) is 8.42 Å². The van der Waals surface area contributed by atoms with E-state index in [0.29, 0.717) is 4.34 Å². The number of nitrogens with zero attached hydrogens (tertiary/aromatic N) is 2. The summed E-state index contributed by atoms with van der Waals surface area (Å²) in [5, 5.41) is 0. The third-order valence-electron chi connectivity index (χ3n) is 3.48. The van der Waals surface area contributed by atoms with Crippen LogP contribution in [0.15, 0.2) is 43.8 Å². The smallest absolute Gasteiger partial charge is 0.326 e. The van der Waals surface area contributed by atoms with Crippen molar-refractivity contribution in [3.63, 3.8) is 0 Å². The highest BCUT2D eigenvalue weighted by Gasteiger charge is 2.18. The topological polar surface area (TPSA) is 77.7 Å². The van der Waals surface area contributed by atoms with Crippen LogP contribution in [0.5, 0.6) is 0 Å². The number of thiophene rings is 1. The van der Waals surface area contributed by atoms with Gasteiger partial charge in [-0.25, -0.2) is 0 Å². The Labute approximate surface area is 173 Å². The first-order valence-electron chi connectivity index (χ1n) is 7.73. The average molecular weight is 463 g/mol. The van der Waals surface area contributed by atoms with E-state index in [1.54, 1.807) is 23.3 Å². The normalized spacial score (nSPS) is 12.6. The van der Waals surface area contributed by atoms with E-state index in [1.165, 1.54) is 23.5 Å². The number of fused-ring (bicyclic) bond motifs is 1. The van der Waals surface area contributed by atoms with Crippen molar-refractivity contribution >= 4 is 72.2 Å². The van der Waals surface area contributed by atoms with Gasteiger partial charge in [0, 0.05) is 4.90 Å². The Morgan fingerprint density at radius 1 is 1.30 bits per heavy atom. The molecule has 0 unspecified atom stereocenters. The Morgan fingerprint density at radius 2 is 2.07 bits per heavy atom. The Balaban J connectivity index is 2.19. The molecule has 0 radical (unpaired) electrons. The summed E-state index contributed by atoms with van der Waals surface area (Å²) in [7, 11) is -3.94. The first-order valence-corrected chi connectivity index (χ1v) is 12.4. The Morgan fingerprint density at radius 3 is 2.70 bits per heavy atom. The molecule has 2 heterocycles. The molecule has 0 bridgehead atoms. The van der Waals surface area contributed by atoms with Crippen LogP contribution in [0.1, 0.15) is 6.92 Å². The number of sulfonamides is 1. The number of aromatic nitrogens is 1. The maximum Gasteiger partial charge on any atom is 0.326 e. The highest BCUT2D eigenvalue weighted by atomic mass is 35.5. The molecule has 0 saturated carbocycles. The van der Waals surface area contributed by atoms with Crippen molar-refractivity contribution < 1.29 is 17.9 Å². The lowest BCUT2D eigenvalue weighted by Crippen LogP contribution is -2.23. The summed E-state index contributed by atoms with van der Waals surface area (Å²) in [5.41, 5.74) is 0.726. The summed E-state index contributed by atoms with van der Waals surface area (Å²) in [4.78, 5) is 13.3. The van der Waals surface area contributed by atoms with Crippen LogP contribution in [0.25, 0.3) is 10.2 Å². The maximum atomic E-state index is 12.6. The first kappa shape index (κ1) is 20.4. The number of thiazole rings is 1. The molecule has 6 nitrogen and oxygen atoms in total. The van der Waals surface area contributed by atoms with Crippen LogP contribution in [0, 0.1) is 0 Å². The monoisotopic (exact) mass is 462 g/mol. The van der Waals surface area contributed by atoms with Crippen LogP contribution in [-0.4, -0.2) is 31.8 Å². The molecule has 2 aromatic heterocycles. The number of halogens is 1. The van der Waals surface area contributed by atoms with Crippen LogP contribution in [0.4, 0.5) is 0 Å². The summed E-state index contributed by atoms with van der Waals surface area (Å²) >= 11 is 9.57. The molecule has 0 amide bonds. The number of benzene rings is 1. The van der Waals surface area contributed by atoms with Gasteiger partial charge in [-0.05, 0) is 43.5 Å². The molecule has 0 aliphatic carbocycles. The van der Waals surface area contributed by atoms with Crippen molar-refractivity contribution in [1.82, 2.24) is 4.57 Å². The molecule has 27 heavy (non-hydrogen) atoms. The Hall–Kier alpha value is -1.33. The lowest BCUT2D eigenvalue weighted by Gasteiger charge is -2.05. The van der Waals surface area contributed by atoms with E-state index in [2.05, 4.69) is 4.40 Å². The van der Waals surface area contributed by atoms with Crippen LogP contribution in [0.3, 0.4) is 0 Å². The predicted octanol–water partition coefficient (Wildman–Crippen LogP) is 3.99. The van der Waals surface area contributed by atoms with Crippen molar-refractivity contribution in [3.8, 4) is 0 Å². The third-order valence-corrected chi connectivity index (χ3v) is 8.33. The number of hydrogen-bond acceptors (Lipinski definition) is 7. The summed E-state index contributed by atoms with van der Waals surface area (Å²) in [6, 6.07) is 8.64. The number of thioether (sulfide) groups is 1. The van der Waals surface area contributed by atoms with E-state index in [1.807, 2.05) is 24.5 Å². The van der Waals surface area contributed by atoms with E-state index >= 15 is 0 Å². The molecule has 0 atom stereocenters. The van der Waals surface area contributed by atoms with Crippen molar-refractivity contribution in [1.29, 1.82) is 0 Å². The molecular weight excluding hydrogens is 448 g/mol. The molecule has 3 rings (SSSR count). The summed E-state index contributed by atoms with van der Waals surface area (Å²) < 4.78 is 37.1. The summed E-state index contributed by atoms with van der Waals surface area (Å²) in [6.07, 6.45) is 1.96. The number of hydrogen-bond donors (Lipinski definition) is 0. The van der Waals surface area contributed by atoms with Gasteiger partial charge in [0.25, 0.3) is 10.0 Å². The van der Waals surface area contributed by atoms with Gasteiger partial charge in [-0.15, -0.1) is 27.5 Å². The van der Waals surface area contributed by atoms with E-state index in [0.717, 1.165) is 26.4 Å². The fourth-order valence-electron chi connectivity index (χ4n) is 2.32. The number of carbonyl (C=O) groups excluding carboxylic acids is 1. The zero-order valence-corrected chi connectivity index (χ0v) is 18.4. The second kappa shape index (κ2) is 8.36. The lowest BCUT2D eigenvalue weighted by atomic mass is 10.3. The van der Waals surface area contributed by atoms with E-state index in [4.69, 9.17) is 16.3 Å². The van der Waals surface area contributed by atoms with Crippen LogP contribution >= 0.6 is 46.0 Å². The minimum absolute atomic E-state index is 0.0532. The Kier molecular flexibility index (Phi) is 6.32. The molecule has 0 saturated heterocycles. The lowest BCUT2D eigenvalue weighted by molar-refractivity contribution is -0.143. The van der Waals surface area contributed by atoms with Crippen molar-refractivity contribution in [2.45, 2.75) is 22.6 Å². The van der Waals surface area contributed by atoms with Crippen LogP contribution < -0.4 is 4.80 Å². The van der Waals surface area contributed by atoms with Crippen LogP contribution in [-0.2, 0) is 26.1 Å². The summed E-state index contributed by atoms with van der Waals surface area (Å²) in [5.74, 6) is -0.454. The number of rotatable bonds is 6. The fourth-order valence-corrected chi connectivity index (χ4v) is 6.57. The fraction of sp³-hybridized carbons (Fsp3) is 0.250. The summed E-state index contributed by atoms with van der Waals surface area (Å²) in [6.45, 7) is 1.85. The highest BCUT2D eigenvalue weighted by Crippen LogP contribution is 2.28. The SMILES string of the molecule is CCOC(=O)Cn1/c(=N/S(=O)(=O)c2ccc(Cl)s2)sc2cc(SC)ccc21. The zero-order valence-electron chi connectivity index (χ0n) is 14.3. The van der Waals surface area contributed by atoms with Crippen LogP contribution in [0.2, 0.25) is 4.34 Å². The molecule has 0 fully saturated rings. The van der Waals surface area contributed by atoms with Crippen molar-refractivity contribution in [2.75, 3.05) is 12.9 Å². The molecule has 0 spiro atoms. The molecular formula is C16H15ClN2O4S4. The van der Waals surface area contributed by atoms with Gasteiger partial charge in [0.2, 0.25) is 4.80 Å². The quantitative estimate of drug-likeness (QED) is 0.408. The molecule has 144 valence electrons. The predicted molar refractivity (Wildman–Crippen MR) is 110 cm³/mol. The zero-order chi connectivity index (χ0) is 19.6. The van der Waals surface area contributed by atoms with Crippen molar-refractivity contribution in [2.24, 2.45) is 4.40 Å². The molecule has 0 aliphatic heterocycles. The van der Waals surface area contributed by atoms with Gasteiger partial charge in [0.15, 0.2) is 0 Å². The minimum atomic E-state index is -3.94. The van der Waals surface area contributed by atoms with Gasteiger partial charge in [-0.1, -0.05) is 22.9 Å². The van der Waals surface area contributed by atoms with Gasteiger partial charge in [0.05, 0.1) is 21.2 Å². The largest absolute Gasteiger partial charge is 0.465 e. The van der Waals surface area contributed by atoms with Crippen molar-refractivity contribution in [3.05, 3.63) is 39.5 Å². The molecule has 0 N–H and O–H groups in total. The molecule has 1 aromatic carbocycles. The number of ether oxygens (including phenoxy) is 1. The van der Waals surface area contributed by atoms with E-state index in [9.17, 15) is 13.2 Å². The number of esters is 1. The highest BCUT2D eigenvalue weighted by molar-refractivity contribution is 7.98. The van der Waals surface area contributed by atoms with Gasteiger partial charge in [-0.3, -0.25) is 4.79 Å².